The van der Waals surface area contributed by atoms with Crippen molar-refractivity contribution in [1.29, 1.82) is 0 Å². The van der Waals surface area contributed by atoms with Crippen LogP contribution in [0.25, 0.3) is 0 Å². The van der Waals surface area contributed by atoms with Crippen LogP contribution in [0.2, 0.25) is 0 Å². The lowest BCUT2D eigenvalue weighted by Crippen LogP contribution is -2.61. The van der Waals surface area contributed by atoms with E-state index in [1.54, 1.807) is 0 Å². The van der Waals surface area contributed by atoms with Crippen molar-refractivity contribution >= 4 is 17.9 Å². The average Bonchev–Trinajstić information content (AvgIpc) is 2.35. The van der Waals surface area contributed by atoms with E-state index in [0.717, 1.165) is 13.8 Å². The molecule has 9 heteroatoms. The van der Waals surface area contributed by atoms with Gasteiger partial charge in [0.05, 0.1) is 0 Å². The van der Waals surface area contributed by atoms with Gasteiger partial charge in [-0.05, 0) is 0 Å². The van der Waals surface area contributed by atoms with Crippen LogP contribution in [0.3, 0.4) is 0 Å². The second kappa shape index (κ2) is 7.34. The van der Waals surface area contributed by atoms with Crippen molar-refractivity contribution in [1.82, 2.24) is 0 Å². The van der Waals surface area contributed by atoms with Gasteiger partial charge >= 0.3 is 17.9 Å². The molecular weight excluding hydrogens is 288 g/mol. The average molecular weight is 306 g/mol. The summed E-state index contributed by atoms with van der Waals surface area (Å²) < 4.78 is 19.6. The lowest BCUT2D eigenvalue weighted by atomic mass is 9.98. The van der Waals surface area contributed by atoms with Crippen LogP contribution >= 0.6 is 0 Å². The Morgan fingerprint density at radius 2 is 1.48 bits per heavy atom. The summed E-state index contributed by atoms with van der Waals surface area (Å²) in [6.07, 6.45) is -6.92. The number of aliphatic hydroxyl groups is 2. The lowest BCUT2D eigenvalue weighted by molar-refractivity contribution is -0.293. The maximum absolute atomic E-state index is 11.1. The van der Waals surface area contributed by atoms with Gasteiger partial charge in [-0.25, -0.2) is 0 Å². The molecule has 5 atom stereocenters. The van der Waals surface area contributed by atoms with Crippen LogP contribution in [0.5, 0.6) is 0 Å². The van der Waals surface area contributed by atoms with Gasteiger partial charge in [0.1, 0.15) is 18.8 Å². The zero-order valence-corrected chi connectivity index (χ0v) is 11.8. The molecule has 0 radical (unpaired) electrons. The Labute approximate surface area is 120 Å². The molecule has 1 aliphatic heterocycles. The van der Waals surface area contributed by atoms with Crippen molar-refractivity contribution in [2.24, 2.45) is 0 Å². The molecule has 0 aliphatic carbocycles. The predicted molar refractivity (Wildman–Crippen MR) is 64.6 cm³/mol. The number of esters is 3. The van der Waals surface area contributed by atoms with Crippen LogP contribution < -0.4 is 0 Å². The quantitative estimate of drug-likeness (QED) is 0.470. The van der Waals surface area contributed by atoms with E-state index < -0.39 is 48.6 Å². The second-order valence-electron chi connectivity index (χ2n) is 4.51. The topological polar surface area (TPSA) is 129 Å². The normalized spacial score (nSPS) is 32.1. The maximum Gasteiger partial charge on any atom is 0.303 e. The highest BCUT2D eigenvalue weighted by Crippen LogP contribution is 2.25. The first kappa shape index (κ1) is 17.3. The summed E-state index contributed by atoms with van der Waals surface area (Å²) in [6.45, 7) is 3.04. The largest absolute Gasteiger partial charge is 0.463 e. The second-order valence-corrected chi connectivity index (χ2v) is 4.51. The van der Waals surface area contributed by atoms with E-state index in [2.05, 4.69) is 0 Å². The van der Waals surface area contributed by atoms with Gasteiger partial charge in [0.15, 0.2) is 18.5 Å². The maximum atomic E-state index is 11.1. The Balaban J connectivity index is 2.94. The molecule has 2 N–H and O–H groups in total. The minimum atomic E-state index is -1.68. The highest BCUT2D eigenvalue weighted by Gasteiger charge is 2.49. The molecule has 0 saturated carbocycles. The summed E-state index contributed by atoms with van der Waals surface area (Å²) in [5.41, 5.74) is 0. The van der Waals surface area contributed by atoms with E-state index in [0.29, 0.717) is 0 Å². The summed E-state index contributed by atoms with van der Waals surface area (Å²) in [5, 5.41) is 19.4. The van der Waals surface area contributed by atoms with Crippen LogP contribution in [-0.4, -0.2) is 65.4 Å². The van der Waals surface area contributed by atoms with E-state index in [4.69, 9.17) is 18.9 Å². The number of carbonyl (C=O) groups excluding carboxylic acids is 3. The van der Waals surface area contributed by atoms with Crippen LogP contribution in [0.4, 0.5) is 0 Å². The molecule has 0 amide bonds. The molecule has 0 aromatic carbocycles. The first-order valence-electron chi connectivity index (χ1n) is 6.21. The Morgan fingerprint density at radius 3 is 1.95 bits per heavy atom. The summed E-state index contributed by atoms with van der Waals surface area (Å²) in [7, 11) is 0. The summed E-state index contributed by atoms with van der Waals surface area (Å²) in [6, 6.07) is 0. The fourth-order valence-corrected chi connectivity index (χ4v) is 1.90. The highest BCUT2D eigenvalue weighted by atomic mass is 16.7. The molecule has 0 unspecified atom stereocenters. The summed E-state index contributed by atoms with van der Waals surface area (Å²) in [5.74, 6) is -2.06. The molecule has 1 fully saturated rings. The van der Waals surface area contributed by atoms with E-state index in [1.165, 1.54) is 6.92 Å². The molecule has 1 rings (SSSR count). The van der Waals surface area contributed by atoms with Gasteiger partial charge in [-0.1, -0.05) is 0 Å². The van der Waals surface area contributed by atoms with Gasteiger partial charge in [0, 0.05) is 20.8 Å². The third kappa shape index (κ3) is 4.96. The predicted octanol–water partition coefficient (Wildman–Crippen LogP) is -1.51. The number of ether oxygens (including phenoxy) is 4. The fraction of sp³-hybridized carbons (Fsp3) is 0.750. The number of carbonyl (C=O) groups is 3. The van der Waals surface area contributed by atoms with Crippen LogP contribution in [-0.2, 0) is 33.3 Å². The van der Waals surface area contributed by atoms with Gasteiger partial charge in [-0.2, -0.15) is 0 Å². The van der Waals surface area contributed by atoms with Gasteiger partial charge in [0.2, 0.25) is 0 Å². The molecule has 120 valence electrons. The smallest absolute Gasteiger partial charge is 0.303 e. The molecule has 0 spiro atoms. The van der Waals surface area contributed by atoms with Gasteiger partial charge in [0.25, 0.3) is 0 Å². The van der Waals surface area contributed by atoms with Crippen molar-refractivity contribution in [3.05, 3.63) is 0 Å². The first-order chi connectivity index (χ1) is 9.72. The molecule has 1 saturated heterocycles. The molecule has 21 heavy (non-hydrogen) atoms. The number of rotatable bonds is 4. The minimum Gasteiger partial charge on any atom is -0.463 e. The Kier molecular flexibility index (Phi) is 6.06. The van der Waals surface area contributed by atoms with E-state index in [1.807, 2.05) is 0 Å². The summed E-state index contributed by atoms with van der Waals surface area (Å²) >= 11 is 0. The standard InChI is InChI=1S/C12H18O9/c1-5(13)18-4-8-10(19-6(2)14)11(20-7(3)15)9(16)12(17)21-8/h8-12,16-17H,4H2,1-3H3/t8-,9-,10+,11-,12-/m0/s1. The van der Waals surface area contributed by atoms with Crippen LogP contribution in [0, 0.1) is 0 Å². The lowest BCUT2D eigenvalue weighted by Gasteiger charge is -2.41. The van der Waals surface area contributed by atoms with Crippen molar-refractivity contribution in [2.45, 2.75) is 51.5 Å². The van der Waals surface area contributed by atoms with Crippen molar-refractivity contribution in [3.63, 3.8) is 0 Å². The third-order valence-electron chi connectivity index (χ3n) is 2.69. The Bertz CT molecular complexity index is 408. The molecule has 1 heterocycles. The van der Waals surface area contributed by atoms with Gasteiger partial charge in [-0.15, -0.1) is 0 Å². The Hall–Kier alpha value is -1.71. The SMILES string of the molecule is CC(=O)OC[C@@H]1O[C@H](O)[C@@H](O)[C@H](OC(C)=O)[C@@H]1OC(C)=O. The highest BCUT2D eigenvalue weighted by molar-refractivity contribution is 5.67. The van der Waals surface area contributed by atoms with Gasteiger partial charge in [-0.3, -0.25) is 14.4 Å². The number of hydrogen-bond donors (Lipinski definition) is 2. The number of aliphatic hydroxyl groups excluding tert-OH is 2. The Morgan fingerprint density at radius 1 is 0.952 bits per heavy atom. The van der Waals surface area contributed by atoms with E-state index in [-0.39, 0.29) is 6.61 Å². The zero-order valence-electron chi connectivity index (χ0n) is 11.8. The molecule has 9 nitrogen and oxygen atoms in total. The zero-order chi connectivity index (χ0) is 16.2. The van der Waals surface area contributed by atoms with Crippen LogP contribution in [0.15, 0.2) is 0 Å². The molecule has 0 aromatic heterocycles. The first-order valence-corrected chi connectivity index (χ1v) is 6.21. The van der Waals surface area contributed by atoms with Crippen molar-refractivity contribution in [2.75, 3.05) is 6.61 Å². The summed E-state index contributed by atoms with van der Waals surface area (Å²) in [4.78, 5) is 33.1. The number of hydrogen-bond acceptors (Lipinski definition) is 9. The molecular formula is C12H18O9. The van der Waals surface area contributed by atoms with Crippen molar-refractivity contribution < 1.29 is 43.5 Å². The molecule has 1 aliphatic rings. The third-order valence-corrected chi connectivity index (χ3v) is 2.69. The van der Waals surface area contributed by atoms with Crippen LogP contribution in [0.1, 0.15) is 20.8 Å². The van der Waals surface area contributed by atoms with Gasteiger partial charge < -0.3 is 29.2 Å². The molecule has 0 aromatic rings. The minimum absolute atomic E-state index is 0.338. The van der Waals surface area contributed by atoms with E-state index >= 15 is 0 Å². The molecule has 0 bridgehead atoms. The monoisotopic (exact) mass is 306 g/mol. The fourth-order valence-electron chi connectivity index (χ4n) is 1.90. The van der Waals surface area contributed by atoms with Crippen molar-refractivity contribution in [3.8, 4) is 0 Å². The van der Waals surface area contributed by atoms with E-state index in [9.17, 15) is 24.6 Å².